The van der Waals surface area contributed by atoms with E-state index in [9.17, 15) is 18.0 Å². The van der Waals surface area contributed by atoms with Crippen LogP contribution in [0, 0.1) is 5.82 Å². The molecule has 1 aliphatic rings. The molecule has 1 fully saturated rings. The van der Waals surface area contributed by atoms with Gasteiger partial charge in [-0.1, -0.05) is 25.1 Å². The molecule has 1 aromatic carbocycles. The van der Waals surface area contributed by atoms with E-state index in [1.807, 2.05) is 31.2 Å². The van der Waals surface area contributed by atoms with Gasteiger partial charge in [0.2, 0.25) is 0 Å². The van der Waals surface area contributed by atoms with Crippen molar-refractivity contribution in [1.29, 1.82) is 0 Å². The van der Waals surface area contributed by atoms with Crippen molar-refractivity contribution < 1.29 is 18.0 Å². The van der Waals surface area contributed by atoms with E-state index >= 15 is 0 Å². The van der Waals surface area contributed by atoms with Crippen LogP contribution in [0.4, 0.5) is 24.8 Å². The molecule has 1 saturated heterocycles. The molecule has 1 unspecified atom stereocenters. The van der Waals surface area contributed by atoms with Gasteiger partial charge in [0.25, 0.3) is 12.3 Å². The van der Waals surface area contributed by atoms with Crippen molar-refractivity contribution in [3.63, 3.8) is 0 Å². The highest BCUT2D eigenvalue weighted by Gasteiger charge is 2.22. The Morgan fingerprint density at radius 3 is 2.57 bits per heavy atom. The summed E-state index contributed by atoms with van der Waals surface area (Å²) in [5.41, 5.74) is 2.97. The summed E-state index contributed by atoms with van der Waals surface area (Å²) in [5.74, 6) is 0.175. The summed E-state index contributed by atoms with van der Waals surface area (Å²) in [5, 5.41) is 9.70. The van der Waals surface area contributed by atoms with Crippen molar-refractivity contribution in [3.05, 3.63) is 72.1 Å². The predicted octanol–water partition coefficient (Wildman–Crippen LogP) is 4.94. The lowest BCUT2D eigenvalue weighted by atomic mass is 9.96. The number of nitrogens with zero attached hydrogens (tertiary/aromatic N) is 5. The van der Waals surface area contributed by atoms with Crippen molar-refractivity contribution in [2.24, 2.45) is 0 Å². The van der Waals surface area contributed by atoms with Gasteiger partial charge in [-0.2, -0.15) is 0 Å². The van der Waals surface area contributed by atoms with Gasteiger partial charge in [-0.15, -0.1) is 0 Å². The van der Waals surface area contributed by atoms with Crippen LogP contribution in [0.3, 0.4) is 0 Å². The van der Waals surface area contributed by atoms with E-state index in [1.54, 1.807) is 23.2 Å². The maximum atomic E-state index is 14.4. The largest absolute Gasteiger partial charge is 0.369 e. The maximum Gasteiger partial charge on any atom is 0.254 e. The number of anilines is 2. The zero-order valence-corrected chi connectivity index (χ0v) is 23.4. The summed E-state index contributed by atoms with van der Waals surface area (Å²) in [6.45, 7) is 3.65. The Hall–Kier alpha value is -4.32. The number of fused-ring (bicyclic) bond motifs is 1. The van der Waals surface area contributed by atoms with Crippen LogP contribution in [0.15, 0.2) is 55.1 Å². The summed E-state index contributed by atoms with van der Waals surface area (Å²) >= 11 is 0. The number of hydrogen-bond acceptors (Lipinski definition) is 8. The Balaban J connectivity index is 1.22. The number of amides is 1. The number of aromatic nitrogens is 4. The van der Waals surface area contributed by atoms with Gasteiger partial charge in [-0.25, -0.2) is 28.1 Å². The van der Waals surface area contributed by atoms with Crippen LogP contribution in [0.25, 0.3) is 22.2 Å². The fraction of sp³-hybridized carbons (Fsp3) is 0.367. The Bertz CT molecular complexity index is 1530. The topological polar surface area (TPSA) is 108 Å². The number of likely N-dealkylation sites (tertiary alicyclic amines) is 1. The van der Waals surface area contributed by atoms with Crippen molar-refractivity contribution in [2.75, 3.05) is 43.9 Å². The third-order valence-electron chi connectivity index (χ3n) is 7.52. The van der Waals surface area contributed by atoms with Gasteiger partial charge < -0.3 is 16.0 Å². The lowest BCUT2D eigenvalue weighted by molar-refractivity contribution is 0.0769. The first-order valence-corrected chi connectivity index (χ1v) is 13.9. The molecular formula is C30H33F3N8O. The highest BCUT2D eigenvalue weighted by Crippen LogP contribution is 2.28. The molecule has 0 saturated carbocycles. The molecule has 3 N–H and O–H groups in total. The Morgan fingerprint density at radius 1 is 1.05 bits per heavy atom. The number of halogens is 3. The quantitative estimate of drug-likeness (QED) is 0.243. The van der Waals surface area contributed by atoms with Crippen LogP contribution in [0.5, 0.6) is 0 Å². The van der Waals surface area contributed by atoms with Gasteiger partial charge >= 0.3 is 0 Å². The molecule has 4 heterocycles. The van der Waals surface area contributed by atoms with E-state index < -0.39 is 18.1 Å². The fourth-order valence-electron chi connectivity index (χ4n) is 5.25. The number of piperidine rings is 1. The first-order chi connectivity index (χ1) is 20.3. The number of pyridine rings is 2. The van der Waals surface area contributed by atoms with E-state index in [0.29, 0.717) is 42.0 Å². The van der Waals surface area contributed by atoms with Gasteiger partial charge in [-0.3, -0.25) is 14.7 Å². The lowest BCUT2D eigenvalue weighted by Gasteiger charge is -2.32. The van der Waals surface area contributed by atoms with E-state index in [0.717, 1.165) is 36.0 Å². The first-order valence-electron chi connectivity index (χ1n) is 13.9. The number of benzene rings is 1. The van der Waals surface area contributed by atoms with Crippen molar-refractivity contribution in [2.45, 2.75) is 38.2 Å². The summed E-state index contributed by atoms with van der Waals surface area (Å²) in [6.07, 6.45) is 3.59. The minimum atomic E-state index is -2.30. The summed E-state index contributed by atoms with van der Waals surface area (Å²) in [6, 6.07) is 11.3. The fourth-order valence-corrected chi connectivity index (χ4v) is 5.25. The molecule has 0 spiro atoms. The predicted molar refractivity (Wildman–Crippen MR) is 156 cm³/mol. The first kappa shape index (κ1) is 29.2. The lowest BCUT2D eigenvalue weighted by Crippen LogP contribution is -2.41. The number of rotatable bonds is 10. The molecule has 0 aliphatic carbocycles. The summed E-state index contributed by atoms with van der Waals surface area (Å²) in [4.78, 5) is 31.7. The third kappa shape index (κ3) is 6.76. The number of alkyl halides is 2. The number of nitrogens with one attached hydrogen (secondary N) is 3. The molecule has 12 heteroatoms. The normalized spacial score (nSPS) is 15.1. The molecule has 0 radical (unpaired) electrons. The van der Waals surface area contributed by atoms with Crippen LogP contribution < -0.4 is 16.0 Å². The molecule has 220 valence electrons. The monoisotopic (exact) mass is 578 g/mol. The zero-order chi connectivity index (χ0) is 29.6. The number of hydrogen-bond donors (Lipinski definition) is 3. The molecule has 9 nitrogen and oxygen atoms in total. The number of carbonyl (C=O) groups excluding carboxylic acids is 1. The van der Waals surface area contributed by atoms with Gasteiger partial charge in [-0.05, 0) is 30.5 Å². The number of carbonyl (C=O) groups is 1. The van der Waals surface area contributed by atoms with Crippen molar-refractivity contribution in [1.82, 2.24) is 30.2 Å². The van der Waals surface area contributed by atoms with E-state index in [-0.39, 0.29) is 24.1 Å². The zero-order valence-electron chi connectivity index (χ0n) is 23.4. The minimum Gasteiger partial charge on any atom is -0.369 e. The van der Waals surface area contributed by atoms with Crippen LogP contribution in [0.2, 0.25) is 0 Å². The van der Waals surface area contributed by atoms with Crippen LogP contribution in [0.1, 0.15) is 41.6 Å². The van der Waals surface area contributed by atoms with E-state index in [2.05, 4.69) is 35.9 Å². The molecule has 3 aromatic heterocycles. The highest BCUT2D eigenvalue weighted by atomic mass is 19.3. The average molecular weight is 579 g/mol. The second-order valence-electron chi connectivity index (χ2n) is 10.4. The van der Waals surface area contributed by atoms with Crippen LogP contribution in [-0.4, -0.2) is 76.4 Å². The Morgan fingerprint density at radius 2 is 1.86 bits per heavy atom. The average Bonchev–Trinajstić information content (AvgIpc) is 3.00. The van der Waals surface area contributed by atoms with Gasteiger partial charge in [0.05, 0.1) is 29.5 Å². The van der Waals surface area contributed by atoms with Gasteiger partial charge in [0, 0.05) is 61.9 Å². The van der Waals surface area contributed by atoms with Gasteiger partial charge in [0.1, 0.15) is 18.0 Å². The Kier molecular flexibility index (Phi) is 9.11. The molecular weight excluding hydrogens is 545 g/mol. The SMILES string of the molecule is CNC(=O)c1c(F)cnc2c(C(C)CNc3cc(-c4ccc(NC5CCN(CC(F)F)CC5)nc4)ncn3)cccc12. The van der Waals surface area contributed by atoms with Crippen LogP contribution in [-0.2, 0) is 0 Å². The second-order valence-corrected chi connectivity index (χ2v) is 10.4. The molecule has 0 bridgehead atoms. The van der Waals surface area contributed by atoms with Crippen molar-refractivity contribution >= 4 is 28.4 Å². The second kappa shape index (κ2) is 13.1. The van der Waals surface area contributed by atoms with E-state index in [4.69, 9.17) is 0 Å². The smallest absolute Gasteiger partial charge is 0.254 e. The van der Waals surface area contributed by atoms with Crippen LogP contribution >= 0.6 is 0 Å². The molecule has 1 atom stereocenters. The maximum absolute atomic E-state index is 14.4. The molecule has 42 heavy (non-hydrogen) atoms. The molecule has 5 rings (SSSR count). The molecule has 1 aliphatic heterocycles. The van der Waals surface area contributed by atoms with Crippen molar-refractivity contribution in [3.8, 4) is 11.3 Å². The van der Waals surface area contributed by atoms with E-state index in [1.165, 1.54) is 13.4 Å². The summed E-state index contributed by atoms with van der Waals surface area (Å²) in [7, 11) is 1.47. The molecule has 4 aromatic rings. The Labute approximate surface area is 242 Å². The van der Waals surface area contributed by atoms with Gasteiger partial charge in [0.15, 0.2) is 5.82 Å². The number of para-hydroxylation sites is 1. The molecule has 1 amide bonds. The summed E-state index contributed by atoms with van der Waals surface area (Å²) < 4.78 is 39.7. The highest BCUT2D eigenvalue weighted by molar-refractivity contribution is 6.06. The minimum absolute atomic E-state index is 0.0185. The standard InChI is InChI=1S/C30H33F3N8O/c1-18(21-4-3-5-22-28(30(42)34-2)23(31)15-37-29(21)22)13-35-27-12-24(38-17-39-27)19-6-7-26(36-14-19)40-20-8-10-41(11-9-20)16-25(32)33/h3-7,12,14-15,17-18,20,25H,8-11,13,16H2,1-2H3,(H,34,42)(H,36,40)(H,35,38,39). The third-order valence-corrected chi connectivity index (χ3v) is 7.52.